The molecule has 6 nitrogen and oxygen atoms in total. The molecule has 1 aliphatic rings. The number of rotatable bonds is 9. The summed E-state index contributed by atoms with van der Waals surface area (Å²) in [5.41, 5.74) is 3.38. The van der Waals surface area contributed by atoms with Crippen LogP contribution in [0.2, 0.25) is 0 Å². The molecule has 0 bridgehead atoms. The van der Waals surface area contributed by atoms with Crippen molar-refractivity contribution >= 4 is 11.9 Å². The molecule has 0 N–H and O–H groups in total. The summed E-state index contributed by atoms with van der Waals surface area (Å²) in [4.78, 5) is 22.6. The SMILES string of the molecule is C=CC(=O)Oc1ccc(COCOCc2ccc(C3CC(=C)C(=O)O3)cc2)cc1. The summed E-state index contributed by atoms with van der Waals surface area (Å²) in [5.74, 6) is -0.368. The van der Waals surface area contributed by atoms with Gasteiger partial charge in [-0.25, -0.2) is 9.59 Å². The highest BCUT2D eigenvalue weighted by Gasteiger charge is 2.28. The quantitative estimate of drug-likeness (QED) is 0.210. The fourth-order valence-corrected chi connectivity index (χ4v) is 2.77. The normalized spacial score (nSPS) is 15.8. The van der Waals surface area contributed by atoms with E-state index in [2.05, 4.69) is 13.2 Å². The zero-order valence-electron chi connectivity index (χ0n) is 16.0. The molecule has 3 rings (SSSR count). The Balaban J connectivity index is 1.36. The monoisotopic (exact) mass is 394 g/mol. The predicted octanol–water partition coefficient (Wildman–Crippen LogP) is 4.01. The smallest absolute Gasteiger partial charge is 0.335 e. The minimum absolute atomic E-state index is 0.148. The van der Waals surface area contributed by atoms with Crippen molar-refractivity contribution in [1.29, 1.82) is 0 Å². The first-order valence-electron chi connectivity index (χ1n) is 9.11. The Morgan fingerprint density at radius 2 is 1.62 bits per heavy atom. The minimum Gasteiger partial charge on any atom is -0.454 e. The fraction of sp³-hybridized carbons (Fsp3) is 0.217. The van der Waals surface area contributed by atoms with Crippen LogP contribution in [0.3, 0.4) is 0 Å². The van der Waals surface area contributed by atoms with Gasteiger partial charge in [-0.1, -0.05) is 49.6 Å². The van der Waals surface area contributed by atoms with E-state index in [1.165, 1.54) is 0 Å². The van der Waals surface area contributed by atoms with Gasteiger partial charge in [-0.15, -0.1) is 0 Å². The van der Waals surface area contributed by atoms with Gasteiger partial charge in [-0.05, 0) is 28.8 Å². The summed E-state index contributed by atoms with van der Waals surface area (Å²) < 4.78 is 21.3. The topological polar surface area (TPSA) is 71.1 Å². The molecule has 1 saturated heterocycles. The largest absolute Gasteiger partial charge is 0.454 e. The van der Waals surface area contributed by atoms with E-state index in [4.69, 9.17) is 18.9 Å². The Kier molecular flexibility index (Phi) is 6.94. The number of carbonyl (C=O) groups excluding carboxylic acids is 2. The first-order valence-corrected chi connectivity index (χ1v) is 9.11. The van der Waals surface area contributed by atoms with Crippen molar-refractivity contribution in [3.8, 4) is 5.75 Å². The van der Waals surface area contributed by atoms with Gasteiger partial charge in [0, 0.05) is 18.1 Å². The van der Waals surface area contributed by atoms with Gasteiger partial charge in [0.1, 0.15) is 18.6 Å². The van der Waals surface area contributed by atoms with Gasteiger partial charge < -0.3 is 18.9 Å². The third-order valence-corrected chi connectivity index (χ3v) is 4.33. The maximum absolute atomic E-state index is 11.4. The van der Waals surface area contributed by atoms with E-state index in [0.717, 1.165) is 22.8 Å². The number of hydrogen-bond donors (Lipinski definition) is 0. The Morgan fingerprint density at radius 1 is 1.03 bits per heavy atom. The van der Waals surface area contributed by atoms with E-state index in [0.29, 0.717) is 31.0 Å². The number of benzene rings is 2. The van der Waals surface area contributed by atoms with Crippen molar-refractivity contribution in [3.05, 3.63) is 90.0 Å². The average molecular weight is 394 g/mol. The third-order valence-electron chi connectivity index (χ3n) is 4.33. The third kappa shape index (κ3) is 5.88. The standard InChI is InChI=1S/C23H22O6/c1-3-22(24)28-20-10-6-18(7-11-20)14-27-15-26-13-17-4-8-19(9-5-17)21-12-16(2)23(25)29-21/h3-11,21H,1-2,12-15H2. The van der Waals surface area contributed by atoms with Crippen molar-refractivity contribution in [1.82, 2.24) is 0 Å². The molecular weight excluding hydrogens is 372 g/mol. The van der Waals surface area contributed by atoms with E-state index in [1.807, 2.05) is 36.4 Å². The van der Waals surface area contributed by atoms with Gasteiger partial charge >= 0.3 is 11.9 Å². The summed E-state index contributed by atoms with van der Waals surface area (Å²) in [5, 5.41) is 0. The molecule has 6 heteroatoms. The second-order valence-electron chi connectivity index (χ2n) is 6.53. The molecule has 2 aromatic carbocycles. The summed E-state index contributed by atoms with van der Waals surface area (Å²) in [6.07, 6.45) is 1.39. The molecule has 0 amide bonds. The van der Waals surface area contributed by atoms with Crippen LogP contribution in [-0.2, 0) is 37.0 Å². The first-order chi connectivity index (χ1) is 14.0. The molecule has 0 saturated carbocycles. The van der Waals surface area contributed by atoms with E-state index in [1.54, 1.807) is 12.1 Å². The molecule has 2 aromatic rings. The summed E-state index contributed by atoms with van der Waals surface area (Å²) in [6.45, 7) is 7.99. The fourth-order valence-electron chi connectivity index (χ4n) is 2.77. The van der Waals surface area contributed by atoms with Crippen LogP contribution < -0.4 is 4.74 Å². The van der Waals surface area contributed by atoms with Gasteiger partial charge in [-0.3, -0.25) is 0 Å². The molecule has 1 fully saturated rings. The lowest BCUT2D eigenvalue weighted by Crippen LogP contribution is -2.03. The highest BCUT2D eigenvalue weighted by Crippen LogP contribution is 2.32. The number of carbonyl (C=O) groups is 2. The van der Waals surface area contributed by atoms with Crippen molar-refractivity contribution in [2.24, 2.45) is 0 Å². The maximum atomic E-state index is 11.4. The average Bonchev–Trinajstić information content (AvgIpc) is 3.07. The molecule has 0 spiro atoms. The van der Waals surface area contributed by atoms with E-state index < -0.39 is 5.97 Å². The molecule has 150 valence electrons. The van der Waals surface area contributed by atoms with Crippen LogP contribution in [0.5, 0.6) is 5.75 Å². The molecule has 0 aromatic heterocycles. The molecule has 1 aliphatic heterocycles. The predicted molar refractivity (Wildman–Crippen MR) is 106 cm³/mol. The van der Waals surface area contributed by atoms with Crippen LogP contribution in [0.25, 0.3) is 0 Å². The van der Waals surface area contributed by atoms with Crippen LogP contribution >= 0.6 is 0 Å². The van der Waals surface area contributed by atoms with Crippen molar-refractivity contribution in [3.63, 3.8) is 0 Å². The molecular formula is C23H22O6. The van der Waals surface area contributed by atoms with Crippen LogP contribution in [0.1, 0.15) is 29.2 Å². The van der Waals surface area contributed by atoms with Crippen LogP contribution in [0.15, 0.2) is 73.3 Å². The first kappa shape index (κ1) is 20.5. The van der Waals surface area contributed by atoms with Gasteiger partial charge in [-0.2, -0.15) is 0 Å². The Hall–Kier alpha value is -3.22. The zero-order valence-corrected chi connectivity index (χ0v) is 16.0. The van der Waals surface area contributed by atoms with Gasteiger partial charge in [0.15, 0.2) is 0 Å². The molecule has 1 atom stereocenters. The highest BCUT2D eigenvalue weighted by atomic mass is 16.7. The number of hydrogen-bond acceptors (Lipinski definition) is 6. The Labute approximate surface area is 169 Å². The molecule has 0 radical (unpaired) electrons. The summed E-state index contributed by atoms with van der Waals surface area (Å²) >= 11 is 0. The maximum Gasteiger partial charge on any atom is 0.335 e. The van der Waals surface area contributed by atoms with Gasteiger partial charge in [0.2, 0.25) is 0 Å². The van der Waals surface area contributed by atoms with Crippen molar-refractivity contribution in [2.75, 3.05) is 6.79 Å². The lowest BCUT2D eigenvalue weighted by molar-refractivity contribution is -0.139. The molecule has 1 unspecified atom stereocenters. The Bertz CT molecular complexity index is 867. The second-order valence-corrected chi connectivity index (χ2v) is 6.53. The molecule has 29 heavy (non-hydrogen) atoms. The van der Waals surface area contributed by atoms with E-state index in [-0.39, 0.29) is 18.9 Å². The Morgan fingerprint density at radius 3 is 2.14 bits per heavy atom. The van der Waals surface area contributed by atoms with Crippen molar-refractivity contribution < 1.29 is 28.5 Å². The molecule has 0 aliphatic carbocycles. The number of cyclic esters (lactones) is 1. The summed E-state index contributed by atoms with van der Waals surface area (Å²) in [7, 11) is 0. The van der Waals surface area contributed by atoms with Gasteiger partial charge in [0.05, 0.1) is 13.2 Å². The number of esters is 2. The van der Waals surface area contributed by atoms with Crippen molar-refractivity contribution in [2.45, 2.75) is 25.7 Å². The van der Waals surface area contributed by atoms with Crippen LogP contribution in [-0.4, -0.2) is 18.7 Å². The lowest BCUT2D eigenvalue weighted by atomic mass is 10.0. The summed E-state index contributed by atoms with van der Waals surface area (Å²) in [6, 6.07) is 14.7. The molecule has 1 heterocycles. The van der Waals surface area contributed by atoms with Crippen LogP contribution in [0.4, 0.5) is 0 Å². The minimum atomic E-state index is -0.495. The van der Waals surface area contributed by atoms with Gasteiger partial charge in [0.25, 0.3) is 0 Å². The zero-order chi connectivity index (χ0) is 20.6. The highest BCUT2D eigenvalue weighted by molar-refractivity contribution is 5.90. The number of ether oxygens (including phenoxy) is 4. The van der Waals surface area contributed by atoms with Crippen LogP contribution in [0, 0.1) is 0 Å². The lowest BCUT2D eigenvalue weighted by Gasteiger charge is -2.10. The second kappa shape index (κ2) is 9.82. The van der Waals surface area contributed by atoms with E-state index >= 15 is 0 Å². The van der Waals surface area contributed by atoms with E-state index in [9.17, 15) is 9.59 Å².